The summed E-state index contributed by atoms with van der Waals surface area (Å²) in [5.74, 6) is 0. The van der Waals surface area contributed by atoms with Crippen LogP contribution in [0.4, 0.5) is 11.4 Å². The predicted molar refractivity (Wildman–Crippen MR) is 83.0 cm³/mol. The van der Waals surface area contributed by atoms with Gasteiger partial charge in [0.15, 0.2) is 0 Å². The highest BCUT2D eigenvalue weighted by atomic mass is 16.3. The van der Waals surface area contributed by atoms with Crippen LogP contribution in [0, 0.1) is 0 Å². The van der Waals surface area contributed by atoms with Crippen molar-refractivity contribution in [1.82, 2.24) is 0 Å². The van der Waals surface area contributed by atoms with Crippen molar-refractivity contribution in [2.45, 2.75) is 0 Å². The van der Waals surface area contributed by atoms with Crippen molar-refractivity contribution in [3.05, 3.63) is 48.5 Å². The summed E-state index contributed by atoms with van der Waals surface area (Å²) in [5.41, 5.74) is 4.30. The Morgan fingerprint density at radius 1 is 0.600 bits per heavy atom. The third-order valence-electron chi connectivity index (χ3n) is 2.98. The van der Waals surface area contributed by atoms with Crippen LogP contribution in [0.25, 0.3) is 11.1 Å². The van der Waals surface area contributed by atoms with Gasteiger partial charge in [0.25, 0.3) is 0 Å². The molecule has 20 heavy (non-hydrogen) atoms. The maximum absolute atomic E-state index is 8.76. The maximum atomic E-state index is 8.76. The van der Waals surface area contributed by atoms with Gasteiger partial charge in [-0.2, -0.15) is 0 Å². The predicted octanol–water partition coefficient (Wildman–Crippen LogP) is 2.16. The molecule has 4 nitrogen and oxygen atoms in total. The van der Waals surface area contributed by atoms with Crippen molar-refractivity contribution in [3.8, 4) is 11.1 Å². The molecule has 0 amide bonds. The lowest BCUT2D eigenvalue weighted by Gasteiger charge is -2.08. The molecular formula is C16H20N2O2. The van der Waals surface area contributed by atoms with Crippen molar-refractivity contribution in [1.29, 1.82) is 0 Å². The zero-order valence-electron chi connectivity index (χ0n) is 11.3. The van der Waals surface area contributed by atoms with E-state index in [9.17, 15) is 0 Å². The Kier molecular flexibility index (Phi) is 5.41. The van der Waals surface area contributed by atoms with Gasteiger partial charge in [0.05, 0.1) is 13.2 Å². The number of hydrogen-bond donors (Lipinski definition) is 4. The zero-order valence-corrected chi connectivity index (χ0v) is 11.3. The Morgan fingerprint density at radius 3 is 1.25 bits per heavy atom. The van der Waals surface area contributed by atoms with Crippen LogP contribution < -0.4 is 10.6 Å². The molecule has 0 saturated carbocycles. The molecule has 0 aliphatic heterocycles. The summed E-state index contributed by atoms with van der Waals surface area (Å²) in [6, 6.07) is 16.2. The Labute approximate surface area is 119 Å². The van der Waals surface area contributed by atoms with Gasteiger partial charge < -0.3 is 20.8 Å². The van der Waals surface area contributed by atoms with Gasteiger partial charge in [-0.3, -0.25) is 0 Å². The van der Waals surface area contributed by atoms with E-state index in [0.717, 1.165) is 22.5 Å². The maximum Gasteiger partial charge on any atom is 0.0604 e. The van der Waals surface area contributed by atoms with Gasteiger partial charge >= 0.3 is 0 Å². The molecule has 2 aromatic rings. The molecule has 0 spiro atoms. The fourth-order valence-electron chi connectivity index (χ4n) is 1.96. The Morgan fingerprint density at radius 2 is 0.950 bits per heavy atom. The second-order valence-electron chi connectivity index (χ2n) is 4.46. The van der Waals surface area contributed by atoms with Crippen molar-refractivity contribution < 1.29 is 10.2 Å². The van der Waals surface area contributed by atoms with Crippen LogP contribution in [-0.4, -0.2) is 36.5 Å². The topological polar surface area (TPSA) is 64.5 Å². The highest BCUT2D eigenvalue weighted by molar-refractivity contribution is 5.68. The molecule has 0 heterocycles. The normalized spacial score (nSPS) is 10.3. The van der Waals surface area contributed by atoms with Crippen LogP contribution in [0.3, 0.4) is 0 Å². The summed E-state index contributed by atoms with van der Waals surface area (Å²) < 4.78 is 0. The first-order valence-corrected chi connectivity index (χ1v) is 6.73. The van der Waals surface area contributed by atoms with E-state index in [-0.39, 0.29) is 13.2 Å². The summed E-state index contributed by atoms with van der Waals surface area (Å²) in [6.07, 6.45) is 0. The molecule has 0 radical (unpaired) electrons. The van der Waals surface area contributed by atoms with Crippen molar-refractivity contribution in [3.63, 3.8) is 0 Å². The van der Waals surface area contributed by atoms with Crippen molar-refractivity contribution in [2.24, 2.45) is 0 Å². The molecule has 106 valence electrons. The third kappa shape index (κ3) is 3.98. The standard InChI is InChI=1S/C16H20N2O2/c19-11-9-17-15-5-1-13(2-6-15)14-3-7-16(8-4-14)18-10-12-20/h1-8,17-20H,9-12H2. The number of aliphatic hydroxyl groups excluding tert-OH is 2. The van der Waals surface area contributed by atoms with Gasteiger partial charge in [0.1, 0.15) is 0 Å². The molecule has 4 N–H and O–H groups in total. The molecular weight excluding hydrogens is 252 g/mol. The second kappa shape index (κ2) is 7.53. The molecule has 0 bridgehead atoms. The number of rotatable bonds is 7. The molecule has 4 heteroatoms. The summed E-state index contributed by atoms with van der Waals surface area (Å²) in [6.45, 7) is 1.38. The van der Waals surface area contributed by atoms with E-state index >= 15 is 0 Å². The minimum atomic E-state index is 0.129. The average molecular weight is 272 g/mol. The van der Waals surface area contributed by atoms with E-state index in [4.69, 9.17) is 10.2 Å². The van der Waals surface area contributed by atoms with Gasteiger partial charge in [-0.1, -0.05) is 24.3 Å². The molecule has 0 unspecified atom stereocenters. The largest absolute Gasteiger partial charge is 0.395 e. The summed E-state index contributed by atoms with van der Waals surface area (Å²) in [7, 11) is 0. The van der Waals surface area contributed by atoms with Crippen molar-refractivity contribution in [2.75, 3.05) is 36.9 Å². The first kappa shape index (κ1) is 14.4. The molecule has 0 aromatic heterocycles. The Bertz CT molecular complexity index is 460. The van der Waals surface area contributed by atoms with E-state index < -0.39 is 0 Å². The summed E-state index contributed by atoms with van der Waals surface area (Å²) in [5, 5.41) is 23.8. The molecule has 0 aliphatic carbocycles. The van der Waals surface area contributed by atoms with Crippen LogP contribution >= 0.6 is 0 Å². The van der Waals surface area contributed by atoms with Crippen molar-refractivity contribution >= 4 is 11.4 Å². The average Bonchev–Trinajstić information content (AvgIpc) is 2.52. The molecule has 0 aliphatic rings. The minimum Gasteiger partial charge on any atom is -0.395 e. The fraction of sp³-hybridized carbons (Fsp3) is 0.250. The van der Waals surface area contributed by atoms with Gasteiger partial charge in [-0.05, 0) is 35.4 Å². The highest BCUT2D eigenvalue weighted by Gasteiger charge is 1.98. The highest BCUT2D eigenvalue weighted by Crippen LogP contribution is 2.23. The number of hydrogen-bond acceptors (Lipinski definition) is 4. The van der Waals surface area contributed by atoms with Crippen LogP contribution in [0.1, 0.15) is 0 Å². The second-order valence-corrected chi connectivity index (χ2v) is 4.46. The van der Waals surface area contributed by atoms with Gasteiger partial charge in [-0.25, -0.2) is 0 Å². The number of anilines is 2. The lowest BCUT2D eigenvalue weighted by Crippen LogP contribution is -2.05. The quantitative estimate of drug-likeness (QED) is 0.624. The smallest absolute Gasteiger partial charge is 0.0604 e. The summed E-state index contributed by atoms with van der Waals surface area (Å²) >= 11 is 0. The first-order chi connectivity index (χ1) is 9.83. The molecule has 0 atom stereocenters. The van der Waals surface area contributed by atoms with E-state index in [1.165, 1.54) is 0 Å². The van der Waals surface area contributed by atoms with Crippen LogP contribution in [0.15, 0.2) is 48.5 Å². The zero-order chi connectivity index (χ0) is 14.2. The van der Waals surface area contributed by atoms with Crippen LogP contribution in [0.5, 0.6) is 0 Å². The van der Waals surface area contributed by atoms with Crippen LogP contribution in [-0.2, 0) is 0 Å². The van der Waals surface area contributed by atoms with E-state index in [1.807, 2.05) is 24.3 Å². The van der Waals surface area contributed by atoms with E-state index in [0.29, 0.717) is 13.1 Å². The number of benzene rings is 2. The van der Waals surface area contributed by atoms with Gasteiger partial charge in [0, 0.05) is 24.5 Å². The molecule has 2 aromatic carbocycles. The van der Waals surface area contributed by atoms with E-state index in [1.54, 1.807) is 0 Å². The third-order valence-corrected chi connectivity index (χ3v) is 2.98. The van der Waals surface area contributed by atoms with E-state index in [2.05, 4.69) is 34.9 Å². The molecule has 0 saturated heterocycles. The monoisotopic (exact) mass is 272 g/mol. The van der Waals surface area contributed by atoms with Gasteiger partial charge in [0.2, 0.25) is 0 Å². The fourth-order valence-corrected chi connectivity index (χ4v) is 1.96. The lowest BCUT2D eigenvalue weighted by molar-refractivity contribution is 0.311. The van der Waals surface area contributed by atoms with Gasteiger partial charge in [-0.15, -0.1) is 0 Å². The Balaban J connectivity index is 2.03. The summed E-state index contributed by atoms with van der Waals surface area (Å²) in [4.78, 5) is 0. The first-order valence-electron chi connectivity index (χ1n) is 6.73. The van der Waals surface area contributed by atoms with Crippen LogP contribution in [0.2, 0.25) is 0 Å². The molecule has 0 fully saturated rings. The minimum absolute atomic E-state index is 0.129. The number of aliphatic hydroxyl groups is 2. The SMILES string of the molecule is OCCNc1ccc(-c2ccc(NCCO)cc2)cc1. The Hall–Kier alpha value is -2.04. The number of nitrogens with one attached hydrogen (secondary N) is 2. The molecule has 2 rings (SSSR count). The lowest BCUT2D eigenvalue weighted by atomic mass is 10.1.